The Morgan fingerprint density at radius 2 is 1.50 bits per heavy atom. The summed E-state index contributed by atoms with van der Waals surface area (Å²) in [5.41, 5.74) is 1.97. The molecule has 0 radical (unpaired) electrons. The first-order valence-electron chi connectivity index (χ1n) is 10.3. The van der Waals surface area contributed by atoms with Gasteiger partial charge < -0.3 is 0 Å². The summed E-state index contributed by atoms with van der Waals surface area (Å²) in [6.07, 6.45) is 8.50. The normalized spacial score (nSPS) is 11.6. The predicted molar refractivity (Wildman–Crippen MR) is 114 cm³/mol. The minimum absolute atomic E-state index is 0.242. The van der Waals surface area contributed by atoms with Crippen molar-refractivity contribution in [3.63, 3.8) is 0 Å². The molecule has 0 amide bonds. The fourth-order valence-electron chi connectivity index (χ4n) is 3.97. The molecule has 0 bridgehead atoms. The van der Waals surface area contributed by atoms with Gasteiger partial charge in [-0.2, -0.15) is 0 Å². The van der Waals surface area contributed by atoms with Crippen molar-refractivity contribution < 1.29 is 14.3 Å². The van der Waals surface area contributed by atoms with E-state index in [1.54, 1.807) is 7.11 Å². The second kappa shape index (κ2) is 12.8. The molecular weight excluding hydrogens is 431 g/mol. The molecule has 4 heteroatoms. The van der Waals surface area contributed by atoms with E-state index in [1.807, 2.05) is 6.92 Å². The number of benzene rings is 1. The van der Waals surface area contributed by atoms with Crippen LogP contribution in [0.1, 0.15) is 75.2 Å². The number of carbonyl (C=O) groups excluding carboxylic acids is 1. The summed E-state index contributed by atoms with van der Waals surface area (Å²) >= 11 is -2.77. The number of aryl methyl sites for hydroxylation is 1. The topological polar surface area (TPSA) is 35.5 Å². The molecule has 148 valence electrons. The molecule has 1 rings (SSSR count). The number of aldehydes is 1. The van der Waals surface area contributed by atoms with Crippen LogP contribution in [0.15, 0.2) is 12.1 Å². The molecule has 0 aromatic heterocycles. The van der Waals surface area contributed by atoms with Crippen LogP contribution in [-0.4, -0.2) is 38.6 Å². The van der Waals surface area contributed by atoms with Crippen LogP contribution in [0.4, 0.5) is 0 Å². The quantitative estimate of drug-likeness (QED) is 0.195. The Hall–Kier alpha value is -0.551. The van der Waals surface area contributed by atoms with Crippen LogP contribution < -0.4 is 8.32 Å². The molecule has 3 nitrogen and oxygen atoms in total. The second-order valence-corrected chi connectivity index (χ2v) is 20.5. The maximum atomic E-state index is 12.0. The van der Waals surface area contributed by atoms with Crippen LogP contribution in [0.2, 0.25) is 13.3 Å². The van der Waals surface area contributed by atoms with Crippen molar-refractivity contribution in [2.45, 2.75) is 79.5 Å². The summed E-state index contributed by atoms with van der Waals surface area (Å²) in [7, 11) is 1.65. The van der Waals surface area contributed by atoms with Gasteiger partial charge >= 0.3 is 165 Å². The summed E-state index contributed by atoms with van der Waals surface area (Å²) in [5, 5.41) is 0. The molecule has 0 unspecified atom stereocenters. The van der Waals surface area contributed by atoms with Crippen LogP contribution in [0.5, 0.6) is 5.75 Å². The fraction of sp³-hybridized carbons (Fsp3) is 0.682. The van der Waals surface area contributed by atoms with Gasteiger partial charge in [0.2, 0.25) is 0 Å². The van der Waals surface area contributed by atoms with Crippen molar-refractivity contribution in [2.24, 2.45) is 0 Å². The van der Waals surface area contributed by atoms with E-state index in [2.05, 4.69) is 32.9 Å². The number of unbranched alkanes of at least 4 members (excludes halogenated alkanes) is 3. The van der Waals surface area contributed by atoms with Gasteiger partial charge in [0, 0.05) is 0 Å². The first-order chi connectivity index (χ1) is 12.6. The van der Waals surface area contributed by atoms with Crippen molar-refractivity contribution in [3.05, 3.63) is 23.3 Å². The van der Waals surface area contributed by atoms with Gasteiger partial charge in [-0.15, -0.1) is 0 Å². The Labute approximate surface area is 164 Å². The average Bonchev–Trinajstić information content (AvgIpc) is 2.65. The van der Waals surface area contributed by atoms with Crippen LogP contribution in [0.25, 0.3) is 0 Å². The zero-order valence-corrected chi connectivity index (χ0v) is 20.4. The van der Waals surface area contributed by atoms with E-state index in [-0.39, 0.29) is 6.79 Å². The van der Waals surface area contributed by atoms with Crippen molar-refractivity contribution in [1.29, 1.82) is 0 Å². The Morgan fingerprint density at radius 1 is 0.962 bits per heavy atom. The third-order valence-electron chi connectivity index (χ3n) is 5.29. The standard InChI is InChI=1S/C10H11O3.3C4H9.Sn/c1-8-3-9(6-11)5-10(4-8)13-7-12-2;3*1-3-4-2;/h3-4,6H,7H2,1-2H3;3*1,3-4H2,2H3;. The zero-order valence-electron chi connectivity index (χ0n) is 17.5. The van der Waals surface area contributed by atoms with Crippen LogP contribution in [0.3, 0.4) is 0 Å². The molecule has 0 heterocycles. The molecule has 0 saturated carbocycles. The van der Waals surface area contributed by atoms with E-state index in [9.17, 15) is 4.79 Å². The van der Waals surface area contributed by atoms with Gasteiger partial charge in [0.1, 0.15) is 0 Å². The van der Waals surface area contributed by atoms with E-state index in [0.29, 0.717) is 0 Å². The Bertz CT molecular complexity index is 521. The summed E-state index contributed by atoms with van der Waals surface area (Å²) in [5.74, 6) is 0.924. The van der Waals surface area contributed by atoms with Gasteiger partial charge in [0.05, 0.1) is 0 Å². The molecule has 0 atom stereocenters. The molecule has 0 spiro atoms. The minimum atomic E-state index is -2.77. The van der Waals surface area contributed by atoms with Gasteiger partial charge in [0.15, 0.2) is 0 Å². The number of hydrogen-bond acceptors (Lipinski definition) is 3. The van der Waals surface area contributed by atoms with Gasteiger partial charge in [-0.1, -0.05) is 0 Å². The molecule has 1 aromatic rings. The SMILES string of the molecule is CCC[CH2][Sn]([CH2]CCC)([CH2]CCC)[c]1c(C=O)cc(C)cc1OCOC. The molecule has 0 saturated heterocycles. The third kappa shape index (κ3) is 6.56. The molecule has 1 aromatic carbocycles. The van der Waals surface area contributed by atoms with E-state index in [4.69, 9.17) is 9.47 Å². The Balaban J connectivity index is 3.54. The second-order valence-electron chi connectivity index (χ2n) is 7.49. The van der Waals surface area contributed by atoms with Gasteiger partial charge in [-0.3, -0.25) is 0 Å². The molecule has 0 aliphatic carbocycles. The van der Waals surface area contributed by atoms with E-state index in [0.717, 1.165) is 23.2 Å². The maximum absolute atomic E-state index is 12.0. The molecule has 0 aliphatic heterocycles. The number of methoxy groups -OCH3 is 1. The summed E-state index contributed by atoms with van der Waals surface area (Å²) in [6.45, 7) is 9.10. The van der Waals surface area contributed by atoms with E-state index < -0.39 is 18.4 Å². The Morgan fingerprint density at radius 3 is 1.92 bits per heavy atom. The van der Waals surface area contributed by atoms with Crippen molar-refractivity contribution in [2.75, 3.05) is 13.9 Å². The van der Waals surface area contributed by atoms with Gasteiger partial charge in [-0.25, -0.2) is 0 Å². The van der Waals surface area contributed by atoms with Crippen LogP contribution >= 0.6 is 0 Å². The molecule has 0 aliphatic rings. The molecule has 0 N–H and O–H groups in total. The third-order valence-corrected chi connectivity index (χ3v) is 21.1. The van der Waals surface area contributed by atoms with Crippen LogP contribution in [0, 0.1) is 6.92 Å². The number of carbonyl (C=O) groups is 1. The van der Waals surface area contributed by atoms with E-state index >= 15 is 0 Å². The fourth-order valence-corrected chi connectivity index (χ4v) is 21.1. The summed E-state index contributed by atoms with van der Waals surface area (Å²) in [4.78, 5) is 12.0. The summed E-state index contributed by atoms with van der Waals surface area (Å²) in [6, 6.07) is 4.19. The monoisotopic (exact) mass is 470 g/mol. The van der Waals surface area contributed by atoms with Crippen LogP contribution in [-0.2, 0) is 4.74 Å². The van der Waals surface area contributed by atoms with Crippen molar-refractivity contribution in [3.8, 4) is 5.75 Å². The first kappa shape index (κ1) is 23.5. The van der Waals surface area contributed by atoms with Gasteiger partial charge in [-0.05, 0) is 0 Å². The van der Waals surface area contributed by atoms with Crippen molar-refractivity contribution in [1.82, 2.24) is 0 Å². The average molecular weight is 469 g/mol. The number of hydrogen-bond donors (Lipinski definition) is 0. The molecule has 26 heavy (non-hydrogen) atoms. The van der Waals surface area contributed by atoms with Gasteiger partial charge in [0.25, 0.3) is 0 Å². The molecular formula is C22H38O3Sn. The molecule has 0 fully saturated rings. The first-order valence-corrected chi connectivity index (χ1v) is 17.8. The number of ether oxygens (including phenoxy) is 2. The summed E-state index contributed by atoms with van der Waals surface area (Å²) < 4.78 is 16.5. The number of rotatable bonds is 14. The van der Waals surface area contributed by atoms with Crippen molar-refractivity contribution >= 4 is 28.2 Å². The Kier molecular flexibility index (Phi) is 11.5. The zero-order chi connectivity index (χ0) is 19.4. The van der Waals surface area contributed by atoms with E-state index in [1.165, 1.54) is 55.4 Å². The predicted octanol–water partition coefficient (Wildman–Crippen LogP) is 5.85.